The van der Waals surface area contributed by atoms with Gasteiger partial charge in [0.05, 0.1) is 5.25 Å². The van der Waals surface area contributed by atoms with Crippen molar-refractivity contribution >= 4 is 10.0 Å². The maximum absolute atomic E-state index is 11.3. The number of nitrogens with two attached hydrogens (primary N) is 1. The first kappa shape index (κ1) is 14.5. The fraction of sp³-hybridized carbons (Fsp3) is 0.571. The van der Waals surface area contributed by atoms with Crippen molar-refractivity contribution in [1.82, 2.24) is 5.32 Å². The van der Waals surface area contributed by atoms with E-state index in [0.717, 1.165) is 12.8 Å². The molecule has 4 nitrogen and oxygen atoms in total. The average molecular weight is 282 g/mol. The minimum absolute atomic E-state index is 0.347. The van der Waals surface area contributed by atoms with Gasteiger partial charge in [-0.15, -0.1) is 0 Å². The van der Waals surface area contributed by atoms with Crippen LogP contribution in [0.3, 0.4) is 0 Å². The molecule has 2 unspecified atom stereocenters. The molecule has 1 aliphatic heterocycles. The summed E-state index contributed by atoms with van der Waals surface area (Å²) in [6.45, 7) is 4.69. The summed E-state index contributed by atoms with van der Waals surface area (Å²) in [4.78, 5) is 0. The monoisotopic (exact) mass is 282 g/mol. The third-order valence-electron chi connectivity index (χ3n) is 3.99. The molecule has 1 heterocycles. The first-order chi connectivity index (χ1) is 8.86. The lowest BCUT2D eigenvalue weighted by Crippen LogP contribution is -2.47. The fourth-order valence-electron chi connectivity index (χ4n) is 2.56. The fourth-order valence-corrected chi connectivity index (χ4v) is 3.35. The van der Waals surface area contributed by atoms with E-state index >= 15 is 0 Å². The van der Waals surface area contributed by atoms with E-state index in [0.29, 0.717) is 19.0 Å². The van der Waals surface area contributed by atoms with Crippen LogP contribution < -0.4 is 10.5 Å². The van der Waals surface area contributed by atoms with E-state index < -0.39 is 15.3 Å². The Bertz CT molecular complexity index is 547. The highest BCUT2D eigenvalue weighted by atomic mass is 32.2. The highest BCUT2D eigenvalue weighted by Crippen LogP contribution is 2.18. The molecule has 0 aromatic heterocycles. The summed E-state index contributed by atoms with van der Waals surface area (Å²) in [6, 6.07) is 6.85. The first-order valence-electron chi connectivity index (χ1n) is 6.67. The standard InChI is InChI=1S/C14H22N2O2S/c1-10-3-4-12(7-11(10)2)8-13-5-6-14(9-16-13)19(15,17)18/h3-4,7,13-14,16H,5-6,8-9H2,1-2H3,(H2,15,17,18). The van der Waals surface area contributed by atoms with Gasteiger partial charge < -0.3 is 5.32 Å². The smallest absolute Gasteiger partial charge is 0.213 e. The van der Waals surface area contributed by atoms with Gasteiger partial charge >= 0.3 is 0 Å². The molecule has 1 fully saturated rings. The molecule has 1 aromatic carbocycles. The number of benzene rings is 1. The minimum atomic E-state index is -3.40. The average Bonchev–Trinajstić information content (AvgIpc) is 2.33. The van der Waals surface area contributed by atoms with Crippen LogP contribution in [-0.4, -0.2) is 26.3 Å². The Morgan fingerprint density at radius 2 is 2.00 bits per heavy atom. The molecule has 2 atom stereocenters. The molecule has 1 aliphatic rings. The number of primary sulfonamides is 1. The van der Waals surface area contributed by atoms with Crippen molar-refractivity contribution in [2.45, 2.75) is 44.4 Å². The molecule has 0 radical (unpaired) electrons. The molecule has 0 spiro atoms. The van der Waals surface area contributed by atoms with Crippen LogP contribution in [0.25, 0.3) is 0 Å². The number of aryl methyl sites for hydroxylation is 2. The van der Waals surface area contributed by atoms with Gasteiger partial charge in [-0.05, 0) is 49.8 Å². The normalized spacial score (nSPS) is 24.4. The van der Waals surface area contributed by atoms with Gasteiger partial charge in [0, 0.05) is 12.6 Å². The van der Waals surface area contributed by atoms with Gasteiger partial charge in [-0.2, -0.15) is 0 Å². The second-order valence-corrected chi connectivity index (χ2v) is 7.36. The van der Waals surface area contributed by atoms with Crippen molar-refractivity contribution in [1.29, 1.82) is 0 Å². The van der Waals surface area contributed by atoms with Gasteiger partial charge in [-0.1, -0.05) is 18.2 Å². The van der Waals surface area contributed by atoms with Gasteiger partial charge in [0.15, 0.2) is 0 Å². The van der Waals surface area contributed by atoms with Crippen molar-refractivity contribution in [3.63, 3.8) is 0 Å². The number of hydrogen-bond donors (Lipinski definition) is 2. The third-order valence-corrected chi connectivity index (χ3v) is 5.32. The molecule has 0 bridgehead atoms. The highest BCUT2D eigenvalue weighted by molar-refractivity contribution is 7.89. The van der Waals surface area contributed by atoms with Crippen LogP contribution in [-0.2, 0) is 16.4 Å². The molecule has 5 heteroatoms. The van der Waals surface area contributed by atoms with Gasteiger partial charge in [0.1, 0.15) is 0 Å². The Balaban J connectivity index is 1.94. The Morgan fingerprint density at radius 1 is 1.26 bits per heavy atom. The molecule has 0 amide bonds. The summed E-state index contributed by atoms with van der Waals surface area (Å²) in [7, 11) is -3.40. The molecule has 1 saturated heterocycles. The third kappa shape index (κ3) is 3.78. The topological polar surface area (TPSA) is 72.2 Å². The highest BCUT2D eigenvalue weighted by Gasteiger charge is 2.27. The van der Waals surface area contributed by atoms with Gasteiger partial charge in [0.25, 0.3) is 0 Å². The Kier molecular flexibility index (Phi) is 4.28. The van der Waals surface area contributed by atoms with Crippen LogP contribution in [0.1, 0.15) is 29.5 Å². The van der Waals surface area contributed by atoms with Crippen LogP contribution >= 0.6 is 0 Å². The Hall–Kier alpha value is -0.910. The number of piperidine rings is 1. The molecule has 0 aliphatic carbocycles. The van der Waals surface area contributed by atoms with Crippen LogP contribution in [0.4, 0.5) is 0 Å². The zero-order chi connectivity index (χ0) is 14.0. The zero-order valence-corrected chi connectivity index (χ0v) is 12.3. The van der Waals surface area contributed by atoms with Crippen molar-refractivity contribution in [3.8, 4) is 0 Å². The van der Waals surface area contributed by atoms with Gasteiger partial charge in [-0.25, -0.2) is 13.6 Å². The predicted molar refractivity (Wildman–Crippen MR) is 77.5 cm³/mol. The van der Waals surface area contributed by atoms with Crippen LogP contribution in [0, 0.1) is 13.8 Å². The summed E-state index contributed by atoms with van der Waals surface area (Å²) in [5.74, 6) is 0. The summed E-state index contributed by atoms with van der Waals surface area (Å²) < 4.78 is 22.5. The van der Waals surface area contributed by atoms with Crippen LogP contribution in [0.15, 0.2) is 18.2 Å². The lowest BCUT2D eigenvalue weighted by atomic mass is 9.96. The molecule has 2 rings (SSSR count). The SMILES string of the molecule is Cc1ccc(CC2CCC(S(N)(=O)=O)CN2)cc1C. The Labute approximate surface area is 115 Å². The molecule has 0 saturated carbocycles. The van der Waals surface area contributed by atoms with E-state index in [-0.39, 0.29) is 0 Å². The molecular formula is C14H22N2O2S. The molecule has 3 N–H and O–H groups in total. The van der Waals surface area contributed by atoms with Gasteiger partial charge in [0.2, 0.25) is 10.0 Å². The predicted octanol–water partition coefficient (Wildman–Crippen LogP) is 1.26. The number of sulfonamides is 1. The summed E-state index contributed by atoms with van der Waals surface area (Å²) >= 11 is 0. The zero-order valence-electron chi connectivity index (χ0n) is 11.5. The van der Waals surface area contributed by atoms with Crippen molar-refractivity contribution in [2.75, 3.05) is 6.54 Å². The number of rotatable bonds is 3. The van der Waals surface area contributed by atoms with Crippen LogP contribution in [0.2, 0.25) is 0 Å². The van der Waals surface area contributed by atoms with Crippen LogP contribution in [0.5, 0.6) is 0 Å². The molecule has 1 aromatic rings. The lowest BCUT2D eigenvalue weighted by Gasteiger charge is -2.28. The quantitative estimate of drug-likeness (QED) is 0.876. The van der Waals surface area contributed by atoms with E-state index in [4.69, 9.17) is 5.14 Å². The first-order valence-corrected chi connectivity index (χ1v) is 8.28. The maximum atomic E-state index is 11.3. The number of hydrogen-bond acceptors (Lipinski definition) is 3. The van der Waals surface area contributed by atoms with Crippen molar-refractivity contribution in [2.24, 2.45) is 5.14 Å². The second-order valence-electron chi connectivity index (χ2n) is 5.52. The van der Waals surface area contributed by atoms with E-state index in [2.05, 4.69) is 37.4 Å². The molecule has 19 heavy (non-hydrogen) atoms. The van der Waals surface area contributed by atoms with Crippen molar-refractivity contribution < 1.29 is 8.42 Å². The summed E-state index contributed by atoms with van der Waals surface area (Å²) in [5, 5.41) is 8.05. The lowest BCUT2D eigenvalue weighted by molar-refractivity contribution is 0.396. The molecular weight excluding hydrogens is 260 g/mol. The summed E-state index contributed by atoms with van der Waals surface area (Å²) in [6.07, 6.45) is 2.45. The van der Waals surface area contributed by atoms with E-state index in [1.807, 2.05) is 0 Å². The van der Waals surface area contributed by atoms with E-state index in [1.165, 1.54) is 16.7 Å². The van der Waals surface area contributed by atoms with Crippen molar-refractivity contribution in [3.05, 3.63) is 34.9 Å². The van der Waals surface area contributed by atoms with E-state index in [9.17, 15) is 8.42 Å². The molecule has 106 valence electrons. The largest absolute Gasteiger partial charge is 0.312 e. The summed E-state index contributed by atoms with van der Waals surface area (Å²) in [5.41, 5.74) is 3.90. The maximum Gasteiger partial charge on any atom is 0.213 e. The minimum Gasteiger partial charge on any atom is -0.312 e. The van der Waals surface area contributed by atoms with E-state index in [1.54, 1.807) is 0 Å². The van der Waals surface area contributed by atoms with Gasteiger partial charge in [-0.3, -0.25) is 0 Å². The number of nitrogens with one attached hydrogen (secondary N) is 1. The Morgan fingerprint density at radius 3 is 2.53 bits per heavy atom. The second kappa shape index (κ2) is 5.61.